The molecule has 4 aromatic rings. The molecular formula is C13H11N9S. The predicted molar refractivity (Wildman–Crippen MR) is 85.7 cm³/mol. The number of hydrogen-bond acceptors (Lipinski definition) is 9. The van der Waals surface area contributed by atoms with E-state index in [1.807, 2.05) is 5.38 Å². The Morgan fingerprint density at radius 3 is 3.09 bits per heavy atom. The second-order valence-corrected chi connectivity index (χ2v) is 5.51. The number of rotatable bonds is 4. The molecule has 0 spiro atoms. The maximum absolute atomic E-state index is 5.85. The highest BCUT2D eigenvalue weighted by Crippen LogP contribution is 2.21. The molecule has 9 nitrogen and oxygen atoms in total. The lowest BCUT2D eigenvalue weighted by Gasteiger charge is -2.05. The van der Waals surface area contributed by atoms with Crippen LogP contribution < -0.4 is 11.1 Å². The Balaban J connectivity index is 1.51. The van der Waals surface area contributed by atoms with Gasteiger partial charge in [0.05, 0.1) is 18.4 Å². The van der Waals surface area contributed by atoms with E-state index >= 15 is 0 Å². The highest BCUT2D eigenvalue weighted by atomic mass is 32.1. The minimum Gasteiger partial charge on any atom is -0.369 e. The fraction of sp³-hybridized carbons (Fsp3) is 0.0769. The van der Waals surface area contributed by atoms with Gasteiger partial charge < -0.3 is 11.1 Å². The van der Waals surface area contributed by atoms with Gasteiger partial charge in [-0.15, -0.1) is 21.5 Å². The zero-order valence-electron chi connectivity index (χ0n) is 11.8. The van der Waals surface area contributed by atoms with Crippen molar-refractivity contribution in [3.05, 3.63) is 42.1 Å². The monoisotopic (exact) mass is 325 g/mol. The summed E-state index contributed by atoms with van der Waals surface area (Å²) in [5.41, 5.74) is 8.14. The molecule has 0 bridgehead atoms. The highest BCUT2D eigenvalue weighted by Gasteiger charge is 2.08. The molecule has 114 valence electrons. The molecule has 0 saturated heterocycles. The molecular weight excluding hydrogens is 314 g/mol. The lowest BCUT2D eigenvalue weighted by molar-refractivity contribution is 1.03. The van der Waals surface area contributed by atoms with Crippen molar-refractivity contribution in [2.24, 2.45) is 0 Å². The van der Waals surface area contributed by atoms with Crippen LogP contribution in [0, 0.1) is 0 Å². The Morgan fingerprint density at radius 2 is 2.22 bits per heavy atom. The van der Waals surface area contributed by atoms with E-state index in [9.17, 15) is 0 Å². The number of fused-ring (bicyclic) bond motifs is 1. The number of nitrogens with one attached hydrogen (secondary N) is 1. The number of anilines is 2. The standard InChI is InChI=1S/C13H11N9S/c14-13-20-10(3-11-21-18-7-22(11)13)17-4-8-6-23-12(19-8)9-5-15-1-2-16-9/h1-3,5-7,17H,4H2,(H2,14,20). The van der Waals surface area contributed by atoms with Crippen molar-refractivity contribution < 1.29 is 0 Å². The van der Waals surface area contributed by atoms with E-state index in [4.69, 9.17) is 5.73 Å². The summed E-state index contributed by atoms with van der Waals surface area (Å²) in [6.07, 6.45) is 6.50. The van der Waals surface area contributed by atoms with Crippen LogP contribution in [0.2, 0.25) is 0 Å². The van der Waals surface area contributed by atoms with Crippen molar-refractivity contribution in [2.75, 3.05) is 11.1 Å². The molecule has 0 atom stereocenters. The molecule has 4 aromatic heterocycles. The lowest BCUT2D eigenvalue weighted by Crippen LogP contribution is -2.06. The minimum atomic E-state index is 0.327. The summed E-state index contributed by atoms with van der Waals surface area (Å²) in [5.74, 6) is 0.950. The van der Waals surface area contributed by atoms with Gasteiger partial charge in [-0.3, -0.25) is 14.4 Å². The topological polar surface area (TPSA) is 120 Å². The molecule has 0 saturated carbocycles. The number of aromatic nitrogens is 7. The van der Waals surface area contributed by atoms with Gasteiger partial charge in [0, 0.05) is 23.8 Å². The van der Waals surface area contributed by atoms with Crippen LogP contribution in [0.4, 0.5) is 11.8 Å². The number of nitrogens with zero attached hydrogens (tertiary/aromatic N) is 7. The molecule has 4 heterocycles. The SMILES string of the molecule is Nc1nc(NCc2csc(-c3cnccn3)n2)cc2nncn12. The molecule has 0 fully saturated rings. The zero-order chi connectivity index (χ0) is 15.6. The predicted octanol–water partition coefficient (Wildman–Crippen LogP) is 1.23. The van der Waals surface area contributed by atoms with Crippen LogP contribution in [-0.2, 0) is 6.54 Å². The maximum Gasteiger partial charge on any atom is 0.209 e. The minimum absolute atomic E-state index is 0.327. The van der Waals surface area contributed by atoms with Crippen LogP contribution in [0.5, 0.6) is 0 Å². The fourth-order valence-corrected chi connectivity index (χ4v) is 2.82. The Kier molecular flexibility index (Phi) is 3.27. The summed E-state index contributed by atoms with van der Waals surface area (Å²) in [7, 11) is 0. The van der Waals surface area contributed by atoms with Gasteiger partial charge in [0.1, 0.15) is 22.8 Å². The smallest absolute Gasteiger partial charge is 0.209 e. The molecule has 0 amide bonds. The summed E-state index contributed by atoms with van der Waals surface area (Å²) in [6, 6.07) is 1.78. The zero-order valence-corrected chi connectivity index (χ0v) is 12.6. The van der Waals surface area contributed by atoms with Gasteiger partial charge in [-0.1, -0.05) is 0 Å². The average molecular weight is 325 g/mol. The maximum atomic E-state index is 5.85. The normalized spacial score (nSPS) is 11.0. The quantitative estimate of drug-likeness (QED) is 0.575. The molecule has 0 aliphatic rings. The molecule has 10 heteroatoms. The Morgan fingerprint density at radius 1 is 1.26 bits per heavy atom. The fourth-order valence-electron chi connectivity index (χ4n) is 2.04. The van der Waals surface area contributed by atoms with Gasteiger partial charge in [-0.05, 0) is 0 Å². The first-order valence-corrected chi connectivity index (χ1v) is 7.58. The summed E-state index contributed by atoms with van der Waals surface area (Å²) < 4.78 is 1.61. The van der Waals surface area contributed by atoms with Crippen LogP contribution in [0.1, 0.15) is 5.69 Å². The van der Waals surface area contributed by atoms with Crippen molar-refractivity contribution in [3.8, 4) is 10.7 Å². The largest absolute Gasteiger partial charge is 0.369 e. The van der Waals surface area contributed by atoms with Crippen LogP contribution in [0.15, 0.2) is 36.4 Å². The van der Waals surface area contributed by atoms with Gasteiger partial charge >= 0.3 is 0 Å². The molecule has 0 aliphatic carbocycles. The average Bonchev–Trinajstić information content (AvgIpc) is 3.23. The first-order chi connectivity index (χ1) is 11.3. The van der Waals surface area contributed by atoms with Gasteiger partial charge in [0.15, 0.2) is 5.65 Å². The van der Waals surface area contributed by atoms with Crippen molar-refractivity contribution >= 4 is 28.8 Å². The van der Waals surface area contributed by atoms with Crippen molar-refractivity contribution in [3.63, 3.8) is 0 Å². The number of nitrogens with two attached hydrogens (primary N) is 1. The second-order valence-electron chi connectivity index (χ2n) is 4.65. The molecule has 23 heavy (non-hydrogen) atoms. The van der Waals surface area contributed by atoms with E-state index in [1.165, 1.54) is 17.7 Å². The Bertz CT molecular complexity index is 946. The third-order valence-electron chi connectivity index (χ3n) is 3.11. The van der Waals surface area contributed by atoms with Gasteiger partial charge in [0.2, 0.25) is 5.95 Å². The highest BCUT2D eigenvalue weighted by molar-refractivity contribution is 7.13. The van der Waals surface area contributed by atoms with E-state index < -0.39 is 0 Å². The number of thiazole rings is 1. The van der Waals surface area contributed by atoms with Crippen LogP contribution in [-0.4, -0.2) is 34.5 Å². The van der Waals surface area contributed by atoms with Crippen molar-refractivity contribution in [1.29, 1.82) is 0 Å². The van der Waals surface area contributed by atoms with E-state index in [-0.39, 0.29) is 0 Å². The van der Waals surface area contributed by atoms with E-state index in [0.717, 1.165) is 16.4 Å². The van der Waals surface area contributed by atoms with E-state index in [0.29, 0.717) is 24.0 Å². The molecule has 4 rings (SSSR count). The summed E-state index contributed by atoms with van der Waals surface area (Å²) >= 11 is 1.52. The molecule has 0 aromatic carbocycles. The molecule has 0 radical (unpaired) electrons. The third kappa shape index (κ3) is 2.66. The van der Waals surface area contributed by atoms with Crippen LogP contribution >= 0.6 is 11.3 Å². The second kappa shape index (κ2) is 5.57. The Hall–Kier alpha value is -3.14. The number of hydrogen-bond donors (Lipinski definition) is 2. The third-order valence-corrected chi connectivity index (χ3v) is 4.02. The van der Waals surface area contributed by atoms with E-state index in [1.54, 1.807) is 29.1 Å². The van der Waals surface area contributed by atoms with Crippen LogP contribution in [0.25, 0.3) is 16.3 Å². The first-order valence-electron chi connectivity index (χ1n) is 6.70. The van der Waals surface area contributed by atoms with E-state index in [2.05, 4.69) is 35.5 Å². The molecule has 0 unspecified atom stereocenters. The first kappa shape index (κ1) is 13.5. The molecule has 3 N–H and O–H groups in total. The Labute approximate surface area is 134 Å². The number of nitrogen functional groups attached to an aromatic ring is 1. The molecule has 0 aliphatic heterocycles. The van der Waals surface area contributed by atoms with Crippen LogP contribution in [0.3, 0.4) is 0 Å². The summed E-state index contributed by atoms with van der Waals surface area (Å²) in [6.45, 7) is 0.521. The van der Waals surface area contributed by atoms with Gasteiger partial charge in [-0.2, -0.15) is 4.98 Å². The van der Waals surface area contributed by atoms with Crippen molar-refractivity contribution in [2.45, 2.75) is 6.54 Å². The summed E-state index contributed by atoms with van der Waals surface area (Å²) in [4.78, 5) is 17.1. The van der Waals surface area contributed by atoms with Gasteiger partial charge in [-0.25, -0.2) is 4.98 Å². The lowest BCUT2D eigenvalue weighted by atomic mass is 10.4. The van der Waals surface area contributed by atoms with Gasteiger partial charge in [0.25, 0.3) is 0 Å². The summed E-state index contributed by atoms with van der Waals surface area (Å²) in [5, 5.41) is 13.7. The van der Waals surface area contributed by atoms with Crippen molar-refractivity contribution in [1.82, 2.24) is 34.5 Å².